The Bertz CT molecular complexity index is 989. The van der Waals surface area contributed by atoms with Crippen LogP contribution in [0.2, 0.25) is 0 Å². The molecule has 0 saturated carbocycles. The quantitative estimate of drug-likeness (QED) is 0.624. The lowest BCUT2D eigenvalue weighted by Gasteiger charge is -2.25. The van der Waals surface area contributed by atoms with Gasteiger partial charge < -0.3 is 10.2 Å². The van der Waals surface area contributed by atoms with E-state index in [0.717, 1.165) is 29.6 Å². The highest BCUT2D eigenvalue weighted by Gasteiger charge is 2.09. The molecule has 0 aliphatic rings. The Morgan fingerprint density at radius 3 is 1.81 bits per heavy atom. The number of hydrogen-bond acceptors (Lipinski definition) is 4. The van der Waals surface area contributed by atoms with Crippen molar-refractivity contribution in [2.75, 3.05) is 18.0 Å². The van der Waals surface area contributed by atoms with E-state index in [1.165, 1.54) is 31.4 Å². The first-order chi connectivity index (χ1) is 15.0. The lowest BCUT2D eigenvalue weighted by molar-refractivity contribution is 0.678. The number of hydrogen-bond donors (Lipinski definition) is 1. The lowest BCUT2D eigenvalue weighted by atomic mass is 10.1. The Balaban J connectivity index is 2.46. The van der Waals surface area contributed by atoms with Gasteiger partial charge in [-0.2, -0.15) is 10.5 Å². The van der Waals surface area contributed by atoms with Gasteiger partial charge in [-0.25, -0.2) is 0 Å². The van der Waals surface area contributed by atoms with Crippen LogP contribution in [0, 0.1) is 22.7 Å². The van der Waals surface area contributed by atoms with Crippen LogP contribution in [0.4, 0.5) is 5.69 Å². The van der Waals surface area contributed by atoms with E-state index in [4.69, 9.17) is 10.5 Å². The molecule has 0 aliphatic heterocycles. The topological polar surface area (TPSA) is 62.9 Å². The highest BCUT2D eigenvalue weighted by atomic mass is 15.1. The van der Waals surface area contributed by atoms with E-state index in [9.17, 15) is 0 Å². The van der Waals surface area contributed by atoms with Gasteiger partial charge in [-0.15, -0.1) is 0 Å². The van der Waals surface area contributed by atoms with Crippen LogP contribution >= 0.6 is 0 Å². The van der Waals surface area contributed by atoms with Gasteiger partial charge in [0.2, 0.25) is 0 Å². The molecule has 0 bridgehead atoms. The monoisotopic (exact) mass is 414 g/mol. The standard InChI is InChI=1S/C27H34N4/c1-5-7-17-31(18-8-6-2)26-15-13-24(14-16-26)27(30-21(3)4)23-11-9-22(10-12-23)25(19-28)20-29/h9-16,21,30H,5-8,17-18H2,1-4H3. The van der Waals surface area contributed by atoms with Gasteiger partial charge in [0, 0.05) is 35.7 Å². The molecule has 162 valence electrons. The SMILES string of the molecule is CCCCN(CCCC)c1ccc(C(NC(C)C)=c2ccc(=C(C#N)C#N)cc2)cc1. The summed E-state index contributed by atoms with van der Waals surface area (Å²) in [4.78, 5) is 2.49. The first-order valence-electron chi connectivity index (χ1n) is 11.3. The van der Waals surface area contributed by atoms with Gasteiger partial charge in [0.25, 0.3) is 0 Å². The van der Waals surface area contributed by atoms with E-state index in [2.05, 4.69) is 62.2 Å². The van der Waals surface area contributed by atoms with E-state index in [0.29, 0.717) is 5.22 Å². The van der Waals surface area contributed by atoms with Crippen LogP contribution in [-0.2, 0) is 0 Å². The molecular formula is C27H34N4. The van der Waals surface area contributed by atoms with Gasteiger partial charge in [0.1, 0.15) is 17.7 Å². The number of benzene rings is 2. The summed E-state index contributed by atoms with van der Waals surface area (Å²) < 4.78 is 0. The van der Waals surface area contributed by atoms with Gasteiger partial charge in [-0.1, -0.05) is 63.1 Å². The second-order valence-electron chi connectivity index (χ2n) is 8.09. The molecule has 31 heavy (non-hydrogen) atoms. The summed E-state index contributed by atoms with van der Waals surface area (Å²) in [7, 11) is 0. The van der Waals surface area contributed by atoms with Crippen LogP contribution < -0.4 is 20.7 Å². The first-order valence-corrected chi connectivity index (χ1v) is 11.3. The largest absolute Gasteiger partial charge is 0.382 e. The van der Waals surface area contributed by atoms with Crippen molar-refractivity contribution in [3.8, 4) is 12.1 Å². The molecule has 0 radical (unpaired) electrons. The van der Waals surface area contributed by atoms with E-state index >= 15 is 0 Å². The highest BCUT2D eigenvalue weighted by Crippen LogP contribution is 2.19. The van der Waals surface area contributed by atoms with Gasteiger partial charge in [-0.3, -0.25) is 0 Å². The second kappa shape index (κ2) is 12.5. The fraction of sp³-hybridized carbons (Fsp3) is 0.407. The zero-order valence-electron chi connectivity index (χ0n) is 19.3. The van der Waals surface area contributed by atoms with Crippen molar-refractivity contribution >= 4 is 17.0 Å². The molecule has 0 spiro atoms. The van der Waals surface area contributed by atoms with E-state index in [1.54, 1.807) is 0 Å². The molecule has 0 aromatic heterocycles. The van der Waals surface area contributed by atoms with Gasteiger partial charge >= 0.3 is 0 Å². The maximum Gasteiger partial charge on any atom is 0.136 e. The van der Waals surface area contributed by atoms with Crippen LogP contribution in [0.25, 0.3) is 11.3 Å². The summed E-state index contributed by atoms with van der Waals surface area (Å²) in [6, 6.07) is 20.6. The third-order valence-electron chi connectivity index (χ3n) is 5.20. The molecule has 0 heterocycles. The summed E-state index contributed by atoms with van der Waals surface area (Å²) in [5.74, 6) is 0. The van der Waals surface area contributed by atoms with E-state index in [-0.39, 0.29) is 11.6 Å². The molecular weight excluding hydrogens is 380 g/mol. The smallest absolute Gasteiger partial charge is 0.136 e. The van der Waals surface area contributed by atoms with Crippen molar-refractivity contribution in [3.63, 3.8) is 0 Å². The molecule has 0 amide bonds. The van der Waals surface area contributed by atoms with Crippen LogP contribution in [0.3, 0.4) is 0 Å². The van der Waals surface area contributed by atoms with Crippen LogP contribution in [-0.4, -0.2) is 19.1 Å². The molecule has 0 fully saturated rings. The van der Waals surface area contributed by atoms with Crippen molar-refractivity contribution < 1.29 is 0 Å². The Morgan fingerprint density at radius 1 is 0.839 bits per heavy atom. The summed E-state index contributed by atoms with van der Waals surface area (Å²) in [6.45, 7) is 10.9. The normalized spacial score (nSPS) is 10.3. The minimum Gasteiger partial charge on any atom is -0.382 e. The Labute approximate surface area is 187 Å². The molecule has 0 saturated heterocycles. The number of rotatable bonds is 10. The maximum absolute atomic E-state index is 9.10. The predicted molar refractivity (Wildman–Crippen MR) is 130 cm³/mol. The van der Waals surface area contributed by atoms with Crippen molar-refractivity contribution in [3.05, 3.63) is 64.5 Å². The third kappa shape index (κ3) is 6.90. The van der Waals surface area contributed by atoms with Crippen molar-refractivity contribution in [2.24, 2.45) is 0 Å². The summed E-state index contributed by atoms with van der Waals surface area (Å²) in [5.41, 5.74) is 3.58. The van der Waals surface area contributed by atoms with Crippen molar-refractivity contribution in [2.45, 2.75) is 59.4 Å². The Morgan fingerprint density at radius 2 is 1.35 bits per heavy atom. The van der Waals surface area contributed by atoms with E-state index < -0.39 is 0 Å². The van der Waals surface area contributed by atoms with Gasteiger partial charge in [-0.05, 0) is 49.6 Å². The molecule has 4 heteroatoms. The minimum atomic E-state index is 0.133. The lowest BCUT2D eigenvalue weighted by Crippen LogP contribution is -2.28. The average molecular weight is 415 g/mol. The minimum absolute atomic E-state index is 0.133. The molecule has 2 rings (SSSR count). The first kappa shape index (κ1) is 24.0. The number of nitrogens with one attached hydrogen (secondary N) is 1. The maximum atomic E-state index is 9.10. The van der Waals surface area contributed by atoms with Gasteiger partial charge in [0.15, 0.2) is 0 Å². The Kier molecular flexibility index (Phi) is 9.66. The van der Waals surface area contributed by atoms with Crippen LogP contribution in [0.1, 0.15) is 58.9 Å². The fourth-order valence-electron chi connectivity index (χ4n) is 3.49. The number of unbranched alkanes of at least 4 members (excludes halogenated alkanes) is 2. The molecule has 0 aliphatic carbocycles. The van der Waals surface area contributed by atoms with Crippen molar-refractivity contribution in [1.82, 2.24) is 5.32 Å². The number of anilines is 1. The van der Waals surface area contributed by atoms with Crippen LogP contribution in [0.15, 0.2) is 48.5 Å². The Hall–Kier alpha value is -3.24. The molecule has 0 atom stereocenters. The summed E-state index contributed by atoms with van der Waals surface area (Å²) in [6.07, 6.45) is 4.80. The summed E-state index contributed by atoms with van der Waals surface area (Å²) in [5, 5.41) is 23.5. The predicted octanol–water partition coefficient (Wildman–Crippen LogP) is 4.45. The highest BCUT2D eigenvalue weighted by molar-refractivity contribution is 5.72. The van der Waals surface area contributed by atoms with E-state index in [1.807, 2.05) is 36.4 Å². The summed E-state index contributed by atoms with van der Waals surface area (Å²) >= 11 is 0. The molecule has 2 aromatic rings. The van der Waals surface area contributed by atoms with Gasteiger partial charge in [0.05, 0.1) is 0 Å². The zero-order valence-corrected chi connectivity index (χ0v) is 19.3. The number of nitriles is 2. The molecule has 2 aromatic carbocycles. The molecule has 4 nitrogen and oxygen atoms in total. The average Bonchev–Trinajstić information content (AvgIpc) is 2.79. The second-order valence-corrected chi connectivity index (χ2v) is 8.09. The fourth-order valence-corrected chi connectivity index (χ4v) is 3.49. The molecule has 1 N–H and O–H groups in total. The van der Waals surface area contributed by atoms with Crippen molar-refractivity contribution in [1.29, 1.82) is 10.5 Å². The zero-order chi connectivity index (χ0) is 22.6. The number of nitrogens with zero attached hydrogens (tertiary/aromatic N) is 3. The third-order valence-corrected chi connectivity index (χ3v) is 5.20. The van der Waals surface area contributed by atoms with Crippen LogP contribution in [0.5, 0.6) is 0 Å². The molecule has 0 unspecified atom stereocenters.